The molecule has 0 amide bonds. The fourth-order valence-corrected chi connectivity index (χ4v) is 2.46. The van der Waals surface area contributed by atoms with Gasteiger partial charge in [-0.2, -0.15) is 0 Å². The molecule has 1 nitrogen and oxygen atoms in total. The Morgan fingerprint density at radius 2 is 1.94 bits per heavy atom. The number of aryl methyl sites for hydroxylation is 1. The molecule has 2 rings (SSSR count). The molecule has 0 heterocycles. The third-order valence-corrected chi connectivity index (χ3v) is 3.82. The average molecular weight is 358 g/mol. The summed E-state index contributed by atoms with van der Waals surface area (Å²) in [6.07, 6.45) is 0. The molecule has 88 valence electrons. The topological polar surface area (TPSA) is 12.0 Å². The smallest absolute Gasteiger partial charge is 0.0478 e. The molecule has 0 aliphatic carbocycles. The maximum atomic E-state index is 5.94. The van der Waals surface area contributed by atoms with Crippen molar-refractivity contribution in [2.75, 3.05) is 5.32 Å². The second kappa shape index (κ2) is 5.74. The van der Waals surface area contributed by atoms with Crippen LogP contribution in [0, 0.1) is 10.5 Å². The predicted octanol–water partition coefficient (Wildman–Crippen LogP) is 4.87. The molecule has 0 aliphatic rings. The molecule has 0 aromatic heterocycles. The van der Waals surface area contributed by atoms with Crippen molar-refractivity contribution >= 4 is 39.9 Å². The van der Waals surface area contributed by atoms with Crippen molar-refractivity contribution in [2.24, 2.45) is 0 Å². The summed E-state index contributed by atoms with van der Waals surface area (Å²) in [4.78, 5) is 0. The fourth-order valence-electron chi connectivity index (χ4n) is 1.65. The number of benzene rings is 2. The van der Waals surface area contributed by atoms with Gasteiger partial charge in [-0.1, -0.05) is 29.8 Å². The lowest BCUT2D eigenvalue weighted by Crippen LogP contribution is -2.02. The van der Waals surface area contributed by atoms with E-state index in [0.717, 1.165) is 11.6 Å². The van der Waals surface area contributed by atoms with Crippen LogP contribution in [0.15, 0.2) is 42.5 Å². The van der Waals surface area contributed by atoms with Gasteiger partial charge in [0, 0.05) is 20.8 Å². The van der Waals surface area contributed by atoms with Gasteiger partial charge in [-0.3, -0.25) is 0 Å². The number of anilines is 1. The van der Waals surface area contributed by atoms with Gasteiger partial charge >= 0.3 is 0 Å². The lowest BCUT2D eigenvalue weighted by atomic mass is 10.1. The molecule has 0 fully saturated rings. The highest BCUT2D eigenvalue weighted by atomic mass is 127. The highest BCUT2D eigenvalue weighted by Crippen LogP contribution is 2.20. The molecule has 0 radical (unpaired) electrons. The summed E-state index contributed by atoms with van der Waals surface area (Å²) in [6.45, 7) is 2.90. The Morgan fingerprint density at radius 3 is 2.65 bits per heavy atom. The minimum Gasteiger partial charge on any atom is -0.380 e. The first kappa shape index (κ1) is 12.7. The Morgan fingerprint density at radius 1 is 1.18 bits per heavy atom. The molecular weight excluding hydrogens is 345 g/mol. The Labute approximate surface area is 120 Å². The van der Waals surface area contributed by atoms with E-state index in [1.807, 2.05) is 24.3 Å². The summed E-state index contributed by atoms with van der Waals surface area (Å²) >= 11 is 8.27. The monoisotopic (exact) mass is 357 g/mol. The van der Waals surface area contributed by atoms with Gasteiger partial charge in [-0.25, -0.2) is 0 Å². The molecule has 3 heteroatoms. The van der Waals surface area contributed by atoms with Crippen LogP contribution in [0.25, 0.3) is 0 Å². The Hall–Kier alpha value is -0.740. The van der Waals surface area contributed by atoms with Crippen LogP contribution in [0.4, 0.5) is 5.69 Å². The molecule has 17 heavy (non-hydrogen) atoms. The number of nitrogens with one attached hydrogen (secondary N) is 1. The Bertz CT molecular complexity index is 525. The number of hydrogen-bond donors (Lipinski definition) is 1. The van der Waals surface area contributed by atoms with Crippen LogP contribution in [0.1, 0.15) is 11.1 Å². The van der Waals surface area contributed by atoms with E-state index >= 15 is 0 Å². The average Bonchev–Trinajstić information content (AvgIpc) is 2.30. The van der Waals surface area contributed by atoms with E-state index in [-0.39, 0.29) is 0 Å². The minimum atomic E-state index is 0.792. The molecule has 0 aliphatic heterocycles. The molecule has 0 atom stereocenters. The van der Waals surface area contributed by atoms with E-state index in [2.05, 4.69) is 53.0 Å². The third kappa shape index (κ3) is 3.36. The van der Waals surface area contributed by atoms with Gasteiger partial charge in [-0.15, -0.1) is 0 Å². The summed E-state index contributed by atoms with van der Waals surface area (Å²) in [5.74, 6) is 0. The largest absolute Gasteiger partial charge is 0.380 e. The van der Waals surface area contributed by atoms with Crippen molar-refractivity contribution in [3.05, 3.63) is 62.2 Å². The van der Waals surface area contributed by atoms with Crippen molar-refractivity contribution in [1.29, 1.82) is 0 Å². The van der Waals surface area contributed by atoms with Gasteiger partial charge < -0.3 is 5.32 Å². The first-order valence-corrected chi connectivity index (χ1v) is 6.86. The van der Waals surface area contributed by atoms with Gasteiger partial charge in [0.05, 0.1) is 0 Å². The second-order valence-electron chi connectivity index (χ2n) is 3.90. The number of rotatable bonds is 3. The van der Waals surface area contributed by atoms with Crippen LogP contribution in [0.3, 0.4) is 0 Å². The van der Waals surface area contributed by atoms with Gasteiger partial charge in [0.1, 0.15) is 0 Å². The quantitative estimate of drug-likeness (QED) is 0.773. The molecule has 0 saturated carbocycles. The van der Waals surface area contributed by atoms with Crippen molar-refractivity contribution < 1.29 is 0 Å². The summed E-state index contributed by atoms with van der Waals surface area (Å²) in [6, 6.07) is 14.3. The molecule has 0 unspecified atom stereocenters. The van der Waals surface area contributed by atoms with E-state index in [9.17, 15) is 0 Å². The molecule has 1 N–H and O–H groups in total. The molecule has 2 aromatic carbocycles. The SMILES string of the molecule is Cc1cc(Cl)ccc1CNc1ccccc1I. The third-order valence-electron chi connectivity index (χ3n) is 2.65. The predicted molar refractivity (Wildman–Crippen MR) is 82.7 cm³/mol. The maximum absolute atomic E-state index is 5.94. The van der Waals surface area contributed by atoms with E-state index < -0.39 is 0 Å². The van der Waals surface area contributed by atoms with E-state index in [4.69, 9.17) is 11.6 Å². The number of halogens is 2. The zero-order chi connectivity index (χ0) is 12.3. The van der Waals surface area contributed by atoms with Crippen LogP contribution in [-0.2, 0) is 6.54 Å². The van der Waals surface area contributed by atoms with Crippen molar-refractivity contribution in [1.82, 2.24) is 0 Å². The van der Waals surface area contributed by atoms with Crippen LogP contribution in [0.5, 0.6) is 0 Å². The first-order valence-electron chi connectivity index (χ1n) is 5.40. The van der Waals surface area contributed by atoms with E-state index in [1.54, 1.807) is 0 Å². The highest BCUT2D eigenvalue weighted by molar-refractivity contribution is 14.1. The zero-order valence-corrected chi connectivity index (χ0v) is 12.4. The molecular formula is C14H13ClIN. The Kier molecular flexibility index (Phi) is 4.29. The van der Waals surface area contributed by atoms with Gasteiger partial charge in [-0.05, 0) is 64.9 Å². The lowest BCUT2D eigenvalue weighted by molar-refractivity contribution is 1.12. The van der Waals surface area contributed by atoms with Crippen LogP contribution >= 0.6 is 34.2 Å². The van der Waals surface area contributed by atoms with Gasteiger partial charge in [0.2, 0.25) is 0 Å². The van der Waals surface area contributed by atoms with Crippen LogP contribution < -0.4 is 5.32 Å². The lowest BCUT2D eigenvalue weighted by Gasteiger charge is -2.10. The second-order valence-corrected chi connectivity index (χ2v) is 5.50. The summed E-state index contributed by atoms with van der Waals surface area (Å²) in [5, 5.41) is 4.23. The number of para-hydroxylation sites is 1. The standard InChI is InChI=1S/C14H13ClIN/c1-10-8-12(15)7-6-11(10)9-17-14-5-3-2-4-13(14)16/h2-8,17H,9H2,1H3. The van der Waals surface area contributed by atoms with Crippen molar-refractivity contribution in [3.8, 4) is 0 Å². The molecule has 2 aromatic rings. The molecule has 0 spiro atoms. The summed E-state index contributed by atoms with van der Waals surface area (Å²) in [7, 11) is 0. The Balaban J connectivity index is 2.10. The van der Waals surface area contributed by atoms with Gasteiger partial charge in [0.25, 0.3) is 0 Å². The first-order chi connectivity index (χ1) is 8.16. The maximum Gasteiger partial charge on any atom is 0.0478 e. The summed E-state index contributed by atoms with van der Waals surface area (Å²) in [5.41, 5.74) is 3.66. The number of hydrogen-bond acceptors (Lipinski definition) is 1. The highest BCUT2D eigenvalue weighted by Gasteiger charge is 2.01. The van der Waals surface area contributed by atoms with Crippen LogP contribution in [-0.4, -0.2) is 0 Å². The van der Waals surface area contributed by atoms with Crippen molar-refractivity contribution in [2.45, 2.75) is 13.5 Å². The fraction of sp³-hybridized carbons (Fsp3) is 0.143. The zero-order valence-electron chi connectivity index (χ0n) is 9.50. The summed E-state index contributed by atoms with van der Waals surface area (Å²) < 4.78 is 1.23. The van der Waals surface area contributed by atoms with Crippen molar-refractivity contribution in [3.63, 3.8) is 0 Å². The van der Waals surface area contributed by atoms with E-state index in [1.165, 1.54) is 20.4 Å². The van der Waals surface area contributed by atoms with E-state index in [0.29, 0.717) is 0 Å². The molecule has 0 bridgehead atoms. The minimum absolute atomic E-state index is 0.792. The van der Waals surface area contributed by atoms with Gasteiger partial charge in [0.15, 0.2) is 0 Å². The molecule has 0 saturated heterocycles. The normalized spacial score (nSPS) is 10.3. The van der Waals surface area contributed by atoms with Crippen LogP contribution in [0.2, 0.25) is 5.02 Å².